The molecule has 9 heteroatoms. The minimum atomic E-state index is -0.712. The van der Waals surface area contributed by atoms with Gasteiger partial charge in [0.15, 0.2) is 17.7 Å². The minimum absolute atomic E-state index is 0.136. The highest BCUT2D eigenvalue weighted by atomic mass is 79.9. The smallest absolute Gasteiger partial charge is 0.166 e. The molecule has 0 saturated carbocycles. The number of fused-ring (bicyclic) bond motifs is 2. The first-order chi connectivity index (χ1) is 10.5. The first-order valence-corrected chi connectivity index (χ1v) is 7.74. The third-order valence-electron chi connectivity index (χ3n) is 3.89. The van der Waals surface area contributed by atoms with Gasteiger partial charge in [-0.3, -0.25) is 4.57 Å². The van der Waals surface area contributed by atoms with E-state index in [2.05, 4.69) is 30.9 Å². The summed E-state index contributed by atoms with van der Waals surface area (Å²) >= 11 is 3.36. The van der Waals surface area contributed by atoms with E-state index in [9.17, 15) is 5.11 Å². The lowest BCUT2D eigenvalue weighted by atomic mass is 10.1. The average molecular weight is 371 g/mol. The molecule has 2 fully saturated rings. The molecule has 0 radical (unpaired) electrons. The van der Waals surface area contributed by atoms with Gasteiger partial charge < -0.3 is 19.3 Å². The van der Waals surface area contributed by atoms with E-state index in [1.165, 1.54) is 6.33 Å². The van der Waals surface area contributed by atoms with Crippen LogP contribution in [0.15, 0.2) is 17.3 Å². The third kappa shape index (κ3) is 2.08. The largest absolute Gasteiger partial charge is 0.394 e. The molecule has 0 unspecified atom stereocenters. The summed E-state index contributed by atoms with van der Waals surface area (Å²) in [6.45, 7) is 3.56. The van der Waals surface area contributed by atoms with Gasteiger partial charge in [-0.25, -0.2) is 15.0 Å². The van der Waals surface area contributed by atoms with Crippen LogP contribution in [0.1, 0.15) is 20.1 Å². The SMILES string of the molecule is CC1(C)O[C@@H]2[C@H](O1)[C@@H](CO)O[C@H]2n1cnc2c(Br)ncnc21. The van der Waals surface area contributed by atoms with Crippen molar-refractivity contribution in [2.24, 2.45) is 0 Å². The van der Waals surface area contributed by atoms with Crippen molar-refractivity contribution in [2.75, 3.05) is 6.61 Å². The Bertz CT molecular complexity index is 721. The standard InChI is InChI=1S/C13H15BrN4O4/c1-13(2)21-8-6(3-19)20-12(9(8)22-13)18-5-17-7-10(14)15-4-16-11(7)18/h4-6,8-9,12,19H,3H2,1-2H3/t6-,8-,9-,12-/m1/s1. The summed E-state index contributed by atoms with van der Waals surface area (Å²) in [6.07, 6.45) is 1.53. The number of halogens is 1. The summed E-state index contributed by atoms with van der Waals surface area (Å²) in [4.78, 5) is 12.6. The topological polar surface area (TPSA) is 91.5 Å². The van der Waals surface area contributed by atoms with Crippen LogP contribution in [0.3, 0.4) is 0 Å². The molecule has 2 aliphatic rings. The Morgan fingerprint density at radius 1 is 1.27 bits per heavy atom. The van der Waals surface area contributed by atoms with Crippen LogP contribution >= 0.6 is 15.9 Å². The van der Waals surface area contributed by atoms with E-state index in [0.29, 0.717) is 15.8 Å². The number of aromatic nitrogens is 4. The molecule has 2 saturated heterocycles. The van der Waals surface area contributed by atoms with E-state index >= 15 is 0 Å². The maximum absolute atomic E-state index is 9.54. The zero-order valence-corrected chi connectivity index (χ0v) is 13.6. The molecular formula is C13H15BrN4O4. The molecule has 1 N–H and O–H groups in total. The van der Waals surface area contributed by atoms with Crippen molar-refractivity contribution in [3.05, 3.63) is 17.3 Å². The van der Waals surface area contributed by atoms with Gasteiger partial charge in [-0.05, 0) is 29.8 Å². The van der Waals surface area contributed by atoms with Gasteiger partial charge >= 0.3 is 0 Å². The van der Waals surface area contributed by atoms with Crippen molar-refractivity contribution in [1.29, 1.82) is 0 Å². The second-order valence-electron chi connectivity index (χ2n) is 5.80. The monoisotopic (exact) mass is 370 g/mol. The van der Waals surface area contributed by atoms with Crippen molar-refractivity contribution in [3.8, 4) is 0 Å². The zero-order chi connectivity index (χ0) is 15.5. The summed E-state index contributed by atoms with van der Waals surface area (Å²) in [5.74, 6) is -0.712. The van der Waals surface area contributed by atoms with Crippen LogP contribution < -0.4 is 0 Å². The van der Waals surface area contributed by atoms with Crippen LogP contribution in [0.2, 0.25) is 0 Å². The van der Waals surface area contributed by atoms with Crippen LogP contribution in [0.5, 0.6) is 0 Å². The molecule has 2 aliphatic heterocycles. The Hall–Kier alpha value is -1.13. The normalized spacial score (nSPS) is 33.5. The van der Waals surface area contributed by atoms with Crippen LogP contribution in [0, 0.1) is 0 Å². The molecule has 4 rings (SSSR count). The lowest BCUT2D eigenvalue weighted by molar-refractivity contribution is -0.199. The molecule has 8 nitrogen and oxygen atoms in total. The highest BCUT2D eigenvalue weighted by Crippen LogP contribution is 2.43. The first-order valence-electron chi connectivity index (χ1n) is 6.95. The number of imidazole rings is 1. The van der Waals surface area contributed by atoms with E-state index in [-0.39, 0.29) is 18.8 Å². The van der Waals surface area contributed by atoms with Gasteiger partial charge in [-0.2, -0.15) is 0 Å². The highest BCUT2D eigenvalue weighted by molar-refractivity contribution is 9.10. The van der Waals surface area contributed by atoms with Crippen LogP contribution in [0.4, 0.5) is 0 Å². The quantitative estimate of drug-likeness (QED) is 0.788. The lowest BCUT2D eigenvalue weighted by Crippen LogP contribution is -2.31. The number of hydrogen-bond donors (Lipinski definition) is 1. The van der Waals surface area contributed by atoms with Gasteiger partial charge in [-0.1, -0.05) is 0 Å². The predicted octanol–water partition coefficient (Wildman–Crippen LogP) is 0.999. The van der Waals surface area contributed by atoms with Crippen molar-refractivity contribution < 1.29 is 19.3 Å². The fourth-order valence-electron chi connectivity index (χ4n) is 3.04. The maximum Gasteiger partial charge on any atom is 0.166 e. The van der Waals surface area contributed by atoms with Gasteiger partial charge in [0.2, 0.25) is 0 Å². The van der Waals surface area contributed by atoms with E-state index in [4.69, 9.17) is 14.2 Å². The van der Waals surface area contributed by atoms with Crippen molar-refractivity contribution in [3.63, 3.8) is 0 Å². The number of hydrogen-bond acceptors (Lipinski definition) is 7. The number of nitrogens with zero attached hydrogens (tertiary/aromatic N) is 4. The molecular weight excluding hydrogens is 356 g/mol. The Morgan fingerprint density at radius 3 is 2.82 bits per heavy atom. The number of aliphatic hydroxyl groups is 1. The third-order valence-corrected chi connectivity index (χ3v) is 4.47. The van der Waals surface area contributed by atoms with E-state index in [0.717, 1.165) is 0 Å². The Balaban J connectivity index is 1.77. The number of rotatable bonds is 2. The van der Waals surface area contributed by atoms with E-state index in [1.54, 1.807) is 10.9 Å². The second-order valence-corrected chi connectivity index (χ2v) is 6.55. The van der Waals surface area contributed by atoms with E-state index in [1.807, 2.05) is 13.8 Å². The van der Waals surface area contributed by atoms with Crippen molar-refractivity contribution in [2.45, 2.75) is 44.2 Å². The molecule has 0 spiro atoms. The summed E-state index contributed by atoms with van der Waals surface area (Å²) < 4.78 is 20.1. The highest BCUT2D eigenvalue weighted by Gasteiger charge is 2.55. The summed E-state index contributed by atoms with van der Waals surface area (Å²) in [5.41, 5.74) is 1.28. The lowest BCUT2D eigenvalue weighted by Gasteiger charge is -2.24. The molecule has 4 heterocycles. The zero-order valence-electron chi connectivity index (χ0n) is 12.0. The number of ether oxygens (including phenoxy) is 3. The molecule has 2 aromatic rings. The summed E-state index contributed by atoms with van der Waals surface area (Å²) in [6, 6.07) is 0. The molecule has 22 heavy (non-hydrogen) atoms. The Kier molecular flexibility index (Phi) is 3.24. The van der Waals surface area contributed by atoms with Gasteiger partial charge in [0.1, 0.15) is 34.8 Å². The van der Waals surface area contributed by atoms with Gasteiger partial charge in [-0.15, -0.1) is 0 Å². The van der Waals surface area contributed by atoms with Gasteiger partial charge in [0.05, 0.1) is 12.9 Å². The predicted molar refractivity (Wildman–Crippen MR) is 77.8 cm³/mol. The first kappa shape index (κ1) is 14.5. The average Bonchev–Trinajstić information content (AvgIpc) is 3.10. The molecule has 0 aromatic carbocycles. The Labute approximate surface area is 134 Å². The molecule has 118 valence electrons. The van der Waals surface area contributed by atoms with Crippen LogP contribution in [-0.2, 0) is 14.2 Å². The van der Waals surface area contributed by atoms with E-state index < -0.39 is 18.1 Å². The fourth-order valence-corrected chi connectivity index (χ4v) is 3.41. The van der Waals surface area contributed by atoms with Gasteiger partial charge in [0, 0.05) is 0 Å². The minimum Gasteiger partial charge on any atom is -0.394 e. The second kappa shape index (κ2) is 4.93. The molecule has 2 aromatic heterocycles. The maximum atomic E-state index is 9.54. The summed E-state index contributed by atoms with van der Waals surface area (Å²) in [5, 5.41) is 9.54. The van der Waals surface area contributed by atoms with Crippen molar-refractivity contribution >= 4 is 27.1 Å². The molecule has 0 bridgehead atoms. The Morgan fingerprint density at radius 2 is 2.05 bits per heavy atom. The summed E-state index contributed by atoms with van der Waals surface area (Å²) in [7, 11) is 0. The molecule has 0 aliphatic carbocycles. The molecule has 4 atom stereocenters. The van der Waals surface area contributed by atoms with Gasteiger partial charge in [0.25, 0.3) is 0 Å². The fraction of sp³-hybridized carbons (Fsp3) is 0.615. The number of aliphatic hydroxyl groups excluding tert-OH is 1. The van der Waals surface area contributed by atoms with Crippen molar-refractivity contribution in [1.82, 2.24) is 19.5 Å². The molecule has 0 amide bonds. The van der Waals surface area contributed by atoms with Crippen LogP contribution in [-0.4, -0.2) is 55.3 Å². The van der Waals surface area contributed by atoms with Crippen LogP contribution in [0.25, 0.3) is 11.2 Å².